The third kappa shape index (κ3) is 2.55. The summed E-state index contributed by atoms with van der Waals surface area (Å²) in [5, 5.41) is 12.1. The van der Waals surface area contributed by atoms with Gasteiger partial charge in [0.15, 0.2) is 5.58 Å². The van der Waals surface area contributed by atoms with Crippen LogP contribution in [0.25, 0.3) is 11.1 Å². The minimum absolute atomic E-state index is 0.284. The number of aromatic nitrogens is 1. The maximum atomic E-state index is 12.4. The van der Waals surface area contributed by atoms with Crippen LogP contribution >= 0.6 is 12.2 Å². The summed E-state index contributed by atoms with van der Waals surface area (Å²) in [5.74, 6) is -0.304. The fraction of sp³-hybridized carbons (Fsp3) is 0.357. The number of aromatic amines is 1. The molecular formula is C14H13N3O3S. The van der Waals surface area contributed by atoms with Crippen molar-refractivity contribution in [3.63, 3.8) is 0 Å². The SMILES string of the molecule is N#CC1(C(=O)Nc2ccc3[nH]c(=S)oc3c2)CCOCC1. The number of benzene rings is 1. The lowest BCUT2D eigenvalue weighted by atomic mass is 9.81. The van der Waals surface area contributed by atoms with E-state index in [1.807, 2.05) is 0 Å². The Morgan fingerprint density at radius 3 is 2.90 bits per heavy atom. The summed E-state index contributed by atoms with van der Waals surface area (Å²) in [7, 11) is 0. The van der Waals surface area contributed by atoms with Crippen molar-refractivity contribution >= 4 is 34.9 Å². The first-order valence-corrected chi connectivity index (χ1v) is 6.97. The molecule has 21 heavy (non-hydrogen) atoms. The number of carbonyl (C=O) groups excluding carboxylic acids is 1. The summed E-state index contributed by atoms with van der Waals surface area (Å²) in [6.45, 7) is 0.846. The van der Waals surface area contributed by atoms with Crippen molar-refractivity contribution in [3.05, 3.63) is 23.0 Å². The standard InChI is InChI=1S/C14H13N3O3S/c15-8-14(3-5-19-6-4-14)12(18)16-9-1-2-10-11(7-9)20-13(21)17-10/h1-2,7H,3-6H2,(H,16,18)(H,17,21). The number of carbonyl (C=O) groups is 1. The van der Waals surface area contributed by atoms with Crippen molar-refractivity contribution in [1.29, 1.82) is 5.26 Å². The summed E-state index contributed by atoms with van der Waals surface area (Å²) < 4.78 is 10.5. The second-order valence-corrected chi connectivity index (χ2v) is 5.36. The van der Waals surface area contributed by atoms with Gasteiger partial charge in [-0.3, -0.25) is 4.79 Å². The average molecular weight is 303 g/mol. The molecule has 0 aliphatic carbocycles. The number of hydrogen-bond donors (Lipinski definition) is 2. The Morgan fingerprint density at radius 1 is 1.43 bits per heavy atom. The molecule has 0 unspecified atom stereocenters. The van der Waals surface area contributed by atoms with E-state index in [-0.39, 0.29) is 10.7 Å². The van der Waals surface area contributed by atoms with Crippen LogP contribution in [0.3, 0.4) is 0 Å². The van der Waals surface area contributed by atoms with Gasteiger partial charge < -0.3 is 19.5 Å². The highest BCUT2D eigenvalue weighted by molar-refractivity contribution is 7.71. The average Bonchev–Trinajstić information content (AvgIpc) is 2.87. The number of anilines is 1. The van der Waals surface area contributed by atoms with Crippen molar-refractivity contribution in [2.75, 3.05) is 18.5 Å². The second-order valence-electron chi connectivity index (χ2n) is 4.99. The van der Waals surface area contributed by atoms with Crippen LogP contribution in [-0.4, -0.2) is 24.1 Å². The zero-order valence-corrected chi connectivity index (χ0v) is 12.0. The highest BCUT2D eigenvalue weighted by Crippen LogP contribution is 2.31. The molecule has 2 heterocycles. The van der Waals surface area contributed by atoms with Crippen LogP contribution in [0.2, 0.25) is 0 Å². The van der Waals surface area contributed by atoms with Crippen molar-refractivity contribution in [2.45, 2.75) is 12.8 Å². The van der Waals surface area contributed by atoms with Crippen molar-refractivity contribution in [1.82, 2.24) is 4.98 Å². The van der Waals surface area contributed by atoms with Crippen LogP contribution in [0.5, 0.6) is 0 Å². The minimum Gasteiger partial charge on any atom is -0.429 e. The molecule has 0 bridgehead atoms. The van der Waals surface area contributed by atoms with Gasteiger partial charge in [-0.05, 0) is 37.2 Å². The summed E-state index contributed by atoms with van der Waals surface area (Å²) in [6.07, 6.45) is 0.810. The molecule has 3 rings (SSSR count). The molecular weight excluding hydrogens is 290 g/mol. The molecule has 2 N–H and O–H groups in total. The largest absolute Gasteiger partial charge is 0.429 e. The van der Waals surface area contributed by atoms with Gasteiger partial charge in [-0.1, -0.05) is 0 Å². The smallest absolute Gasteiger partial charge is 0.266 e. The van der Waals surface area contributed by atoms with Crippen molar-refractivity contribution < 1.29 is 13.9 Å². The first-order valence-electron chi connectivity index (χ1n) is 6.56. The van der Waals surface area contributed by atoms with E-state index < -0.39 is 5.41 Å². The molecule has 6 nitrogen and oxygen atoms in total. The highest BCUT2D eigenvalue weighted by Gasteiger charge is 2.40. The molecule has 1 aromatic heterocycles. The molecule has 2 aromatic rings. The maximum absolute atomic E-state index is 12.4. The van der Waals surface area contributed by atoms with E-state index in [2.05, 4.69) is 16.4 Å². The number of amides is 1. The van der Waals surface area contributed by atoms with E-state index in [0.717, 1.165) is 5.52 Å². The van der Waals surface area contributed by atoms with Crippen LogP contribution < -0.4 is 5.32 Å². The summed E-state index contributed by atoms with van der Waals surface area (Å²) in [5.41, 5.74) is 0.882. The van der Waals surface area contributed by atoms with Gasteiger partial charge in [0.1, 0.15) is 5.41 Å². The zero-order chi connectivity index (χ0) is 14.9. The summed E-state index contributed by atoms with van der Waals surface area (Å²) in [4.78, 5) is 15.6. The van der Waals surface area contributed by atoms with Crippen LogP contribution in [0.15, 0.2) is 22.6 Å². The van der Waals surface area contributed by atoms with Crippen LogP contribution in [0, 0.1) is 21.6 Å². The van der Waals surface area contributed by atoms with Crippen molar-refractivity contribution in [2.24, 2.45) is 5.41 Å². The van der Waals surface area contributed by atoms with Crippen LogP contribution in [-0.2, 0) is 9.53 Å². The molecule has 7 heteroatoms. The molecule has 1 saturated heterocycles. The molecule has 1 aliphatic rings. The fourth-order valence-electron chi connectivity index (χ4n) is 2.38. The number of nitriles is 1. The molecule has 0 atom stereocenters. The Hall–Kier alpha value is -2.17. The number of hydrogen-bond acceptors (Lipinski definition) is 5. The molecule has 0 radical (unpaired) electrons. The van der Waals surface area contributed by atoms with Gasteiger partial charge in [0.25, 0.3) is 4.84 Å². The van der Waals surface area contributed by atoms with E-state index in [4.69, 9.17) is 21.4 Å². The number of nitrogens with zero attached hydrogens (tertiary/aromatic N) is 1. The molecule has 108 valence electrons. The third-order valence-corrected chi connectivity index (χ3v) is 3.86. The number of fused-ring (bicyclic) bond motifs is 1. The van der Waals surface area contributed by atoms with Gasteiger partial charge in [0.2, 0.25) is 5.91 Å². The van der Waals surface area contributed by atoms with Crippen molar-refractivity contribution in [3.8, 4) is 6.07 Å². The number of nitrogens with one attached hydrogen (secondary N) is 2. The molecule has 1 fully saturated rings. The summed E-state index contributed by atoms with van der Waals surface area (Å²) in [6, 6.07) is 7.34. The molecule has 1 aromatic carbocycles. The van der Waals surface area contributed by atoms with Crippen LogP contribution in [0.1, 0.15) is 12.8 Å². The normalized spacial score (nSPS) is 17.3. The lowest BCUT2D eigenvalue weighted by Gasteiger charge is -2.29. The van der Waals surface area contributed by atoms with Crippen LogP contribution in [0.4, 0.5) is 5.69 Å². The Bertz CT molecular complexity index is 781. The molecule has 0 spiro atoms. The van der Waals surface area contributed by atoms with Gasteiger partial charge in [-0.25, -0.2) is 0 Å². The quantitative estimate of drug-likeness (QED) is 0.832. The van der Waals surface area contributed by atoms with E-state index in [0.29, 0.717) is 37.3 Å². The van der Waals surface area contributed by atoms with E-state index >= 15 is 0 Å². The number of H-pyrrole nitrogens is 1. The first-order chi connectivity index (χ1) is 10.1. The van der Waals surface area contributed by atoms with E-state index in [1.54, 1.807) is 18.2 Å². The molecule has 1 aliphatic heterocycles. The topological polar surface area (TPSA) is 91.1 Å². The molecule has 0 saturated carbocycles. The number of rotatable bonds is 2. The Morgan fingerprint density at radius 2 is 2.19 bits per heavy atom. The van der Waals surface area contributed by atoms with E-state index in [1.165, 1.54) is 0 Å². The van der Waals surface area contributed by atoms with Gasteiger partial charge >= 0.3 is 0 Å². The Balaban J connectivity index is 1.85. The predicted molar refractivity (Wildman–Crippen MR) is 78.1 cm³/mol. The molecule has 1 amide bonds. The number of ether oxygens (including phenoxy) is 1. The lowest BCUT2D eigenvalue weighted by Crippen LogP contribution is -2.39. The zero-order valence-electron chi connectivity index (χ0n) is 11.1. The van der Waals surface area contributed by atoms with Gasteiger partial charge in [0.05, 0.1) is 11.6 Å². The number of oxazole rings is 1. The second kappa shape index (κ2) is 5.31. The first kappa shape index (κ1) is 13.8. The summed E-state index contributed by atoms with van der Waals surface area (Å²) >= 11 is 4.92. The fourth-order valence-corrected chi connectivity index (χ4v) is 2.58. The monoisotopic (exact) mass is 303 g/mol. The van der Waals surface area contributed by atoms with Gasteiger partial charge in [-0.2, -0.15) is 5.26 Å². The highest BCUT2D eigenvalue weighted by atomic mass is 32.1. The lowest BCUT2D eigenvalue weighted by molar-refractivity contribution is -0.126. The maximum Gasteiger partial charge on any atom is 0.266 e. The predicted octanol–water partition coefficient (Wildman–Crippen LogP) is 2.75. The van der Waals surface area contributed by atoms with Gasteiger partial charge in [-0.15, -0.1) is 0 Å². The van der Waals surface area contributed by atoms with E-state index in [9.17, 15) is 10.1 Å². The Labute approximate surface area is 125 Å². The Kier molecular flexibility index (Phi) is 3.49. The van der Waals surface area contributed by atoms with Gasteiger partial charge in [0, 0.05) is 25.0 Å². The minimum atomic E-state index is -1.02. The third-order valence-electron chi connectivity index (χ3n) is 3.67.